The number of ketones is 1. The van der Waals surface area contributed by atoms with Gasteiger partial charge in [0.05, 0.1) is 16.9 Å². The first-order valence-electron chi connectivity index (χ1n) is 17.7. The van der Waals surface area contributed by atoms with Crippen molar-refractivity contribution in [2.75, 3.05) is 17.2 Å². The van der Waals surface area contributed by atoms with Crippen LogP contribution < -0.4 is 27.8 Å². The fourth-order valence-corrected chi connectivity index (χ4v) is 6.05. The van der Waals surface area contributed by atoms with Crippen LogP contribution in [0.2, 0.25) is 0 Å². The molecule has 0 bridgehead atoms. The van der Waals surface area contributed by atoms with Gasteiger partial charge in [-0.2, -0.15) is 0 Å². The molecule has 58 heavy (non-hydrogen) atoms. The molecular formula is C46H47Br2N5O5. The van der Waals surface area contributed by atoms with Gasteiger partial charge in [0, 0.05) is 50.8 Å². The second kappa shape index (κ2) is 22.5. The number of halogens is 2. The highest BCUT2D eigenvalue weighted by atomic mass is 79.9. The number of para-hydroxylation sites is 3. The maximum Gasteiger partial charge on any atom is 0.335 e. The van der Waals surface area contributed by atoms with Crippen LogP contribution in [0.1, 0.15) is 76.7 Å². The molecule has 0 spiro atoms. The molecule has 10 nitrogen and oxygen atoms in total. The monoisotopic (exact) mass is 907 g/mol. The minimum Gasteiger partial charge on any atom is -0.478 e. The topological polar surface area (TPSA) is 191 Å². The third kappa shape index (κ3) is 13.5. The lowest BCUT2D eigenvalue weighted by molar-refractivity contribution is 0.0696. The Balaban J connectivity index is 0.000000263. The Hall–Kier alpha value is -6.24. The number of Topliss-reactive ketones (excluding diaryl/α,β-unsaturated/α-hetero) is 1. The van der Waals surface area contributed by atoms with E-state index in [1.54, 1.807) is 54.6 Å². The lowest BCUT2D eigenvalue weighted by Gasteiger charge is -2.10. The van der Waals surface area contributed by atoms with Crippen molar-refractivity contribution in [2.24, 2.45) is 0 Å². The van der Waals surface area contributed by atoms with Crippen molar-refractivity contribution in [3.05, 3.63) is 192 Å². The highest BCUT2D eigenvalue weighted by molar-refractivity contribution is 9.10. The van der Waals surface area contributed by atoms with E-state index < -0.39 is 5.97 Å². The largest absolute Gasteiger partial charge is 0.478 e. The molecule has 0 radical (unpaired) electrons. The van der Waals surface area contributed by atoms with E-state index in [9.17, 15) is 19.2 Å². The molecule has 0 saturated heterocycles. The minimum absolute atomic E-state index is 0. The summed E-state index contributed by atoms with van der Waals surface area (Å²) in [4.78, 5) is 47.8. The van der Waals surface area contributed by atoms with Gasteiger partial charge in [-0.1, -0.05) is 118 Å². The number of carbonyl (C=O) groups excluding carboxylic acids is 3. The van der Waals surface area contributed by atoms with Crippen molar-refractivity contribution < 1.29 is 24.3 Å². The summed E-state index contributed by atoms with van der Waals surface area (Å²) >= 11 is 6.84. The molecule has 0 aliphatic rings. The van der Waals surface area contributed by atoms with Crippen molar-refractivity contribution in [1.29, 1.82) is 0 Å². The highest BCUT2D eigenvalue weighted by Gasteiger charge is 2.13. The number of carbonyl (C=O) groups is 4. The summed E-state index contributed by atoms with van der Waals surface area (Å²) in [5, 5.41) is 14.6. The van der Waals surface area contributed by atoms with Gasteiger partial charge in [0.25, 0.3) is 11.8 Å². The maximum absolute atomic E-state index is 12.5. The normalized spacial score (nSPS) is 10.0. The number of carboxylic acids is 1. The second-order valence-corrected chi connectivity index (χ2v) is 14.5. The van der Waals surface area contributed by atoms with Crippen molar-refractivity contribution in [1.82, 2.24) is 10.6 Å². The van der Waals surface area contributed by atoms with E-state index in [2.05, 4.69) is 42.5 Å². The quantitative estimate of drug-likeness (QED) is 0.0579. The average molecular weight is 910 g/mol. The van der Waals surface area contributed by atoms with Gasteiger partial charge in [-0.25, -0.2) is 4.79 Å². The Morgan fingerprint density at radius 2 is 0.931 bits per heavy atom. The third-order valence-electron chi connectivity index (χ3n) is 8.81. The Bertz CT molecular complexity index is 2330. The number of nitrogen functional groups attached to an aromatic ring is 3. The Morgan fingerprint density at radius 1 is 0.534 bits per heavy atom. The zero-order chi connectivity index (χ0) is 41.5. The molecule has 0 unspecified atom stereocenters. The maximum atomic E-state index is 12.5. The molecule has 12 heteroatoms. The van der Waals surface area contributed by atoms with Crippen LogP contribution in [-0.4, -0.2) is 28.7 Å². The van der Waals surface area contributed by atoms with Crippen molar-refractivity contribution in [3.8, 4) is 0 Å². The van der Waals surface area contributed by atoms with E-state index in [1.165, 1.54) is 12.1 Å². The number of aromatic carboxylic acids is 1. The zero-order valence-electron chi connectivity index (χ0n) is 31.4. The fourth-order valence-electron chi connectivity index (χ4n) is 5.32. The summed E-state index contributed by atoms with van der Waals surface area (Å²) in [6.45, 7) is 4.52. The standard InChI is InChI=1S/C23H21BrN2O2.C16H14BrNO3.C6H8N2.CH4/c1-15-19(6-4-7-20(15)24)23(28)26-14-16-9-11-17(12-10-16)22(27)13-18-5-2-3-8-21(18)25;1-10-13(3-2-4-14(10)17)15(19)18-9-11-5-7-12(8-6-11)16(20)21;7-5-3-1-2-4-6(5)8;/h2-12H,13-14,25H2,1H3,(H,26,28);2-8H,9H2,1H3,(H,18,19)(H,20,21);1-4H,7-8H2;1H4. The van der Waals surface area contributed by atoms with E-state index in [0.29, 0.717) is 46.8 Å². The number of nitrogens with one attached hydrogen (secondary N) is 2. The Morgan fingerprint density at radius 3 is 1.33 bits per heavy atom. The number of rotatable bonds is 10. The number of hydrogen-bond donors (Lipinski definition) is 6. The van der Waals surface area contributed by atoms with Crippen LogP contribution in [0.5, 0.6) is 0 Å². The van der Waals surface area contributed by atoms with Crippen molar-refractivity contribution in [2.45, 2.75) is 40.8 Å². The summed E-state index contributed by atoms with van der Waals surface area (Å²) < 4.78 is 1.79. The summed E-state index contributed by atoms with van der Waals surface area (Å²) in [5.41, 5.74) is 25.1. The molecule has 6 rings (SSSR count). The number of carboxylic acid groups (broad SMARTS) is 1. The first-order valence-corrected chi connectivity index (χ1v) is 19.3. The van der Waals surface area contributed by atoms with Crippen LogP contribution in [0.25, 0.3) is 0 Å². The molecule has 0 fully saturated rings. The number of hydrogen-bond acceptors (Lipinski definition) is 7. The highest BCUT2D eigenvalue weighted by Crippen LogP contribution is 2.21. The van der Waals surface area contributed by atoms with E-state index in [4.69, 9.17) is 22.3 Å². The summed E-state index contributed by atoms with van der Waals surface area (Å²) in [7, 11) is 0. The lowest BCUT2D eigenvalue weighted by atomic mass is 10.0. The van der Waals surface area contributed by atoms with Crippen LogP contribution in [0.4, 0.5) is 17.1 Å². The summed E-state index contributed by atoms with van der Waals surface area (Å²) in [5.74, 6) is -1.23. The van der Waals surface area contributed by atoms with E-state index >= 15 is 0 Å². The fraction of sp³-hybridized carbons (Fsp3) is 0.130. The molecule has 0 aliphatic carbocycles. The van der Waals surface area contributed by atoms with E-state index in [0.717, 1.165) is 36.8 Å². The van der Waals surface area contributed by atoms with Gasteiger partial charge in [0.2, 0.25) is 0 Å². The van der Waals surface area contributed by atoms with Crippen LogP contribution in [-0.2, 0) is 19.5 Å². The first-order chi connectivity index (χ1) is 27.2. The van der Waals surface area contributed by atoms with Gasteiger partial charge in [-0.15, -0.1) is 0 Å². The van der Waals surface area contributed by atoms with Gasteiger partial charge in [0.15, 0.2) is 5.78 Å². The van der Waals surface area contributed by atoms with Crippen molar-refractivity contribution >= 4 is 72.5 Å². The predicted octanol–water partition coefficient (Wildman–Crippen LogP) is 9.57. The molecule has 2 amide bonds. The van der Waals surface area contributed by atoms with Crippen LogP contribution in [0, 0.1) is 13.8 Å². The van der Waals surface area contributed by atoms with Crippen LogP contribution >= 0.6 is 31.9 Å². The third-order valence-corrected chi connectivity index (χ3v) is 10.5. The van der Waals surface area contributed by atoms with Crippen LogP contribution in [0.15, 0.2) is 142 Å². The average Bonchev–Trinajstić information content (AvgIpc) is 3.21. The molecule has 300 valence electrons. The Labute approximate surface area is 356 Å². The SMILES string of the molecule is C.Cc1c(Br)cccc1C(=O)NCc1ccc(C(=O)Cc2ccccc2N)cc1.Cc1c(Br)cccc1C(=O)NCc1ccc(C(=O)O)cc1.Nc1ccccc1N. The molecule has 9 N–H and O–H groups in total. The van der Waals surface area contributed by atoms with Gasteiger partial charge < -0.3 is 32.9 Å². The van der Waals surface area contributed by atoms with Crippen LogP contribution in [0.3, 0.4) is 0 Å². The molecule has 6 aromatic rings. The van der Waals surface area contributed by atoms with E-state index in [1.807, 2.05) is 80.6 Å². The van der Waals surface area contributed by atoms with Gasteiger partial charge >= 0.3 is 5.97 Å². The smallest absolute Gasteiger partial charge is 0.335 e. The number of amides is 2. The molecule has 0 aliphatic heterocycles. The molecule has 0 atom stereocenters. The molecule has 0 saturated carbocycles. The number of anilines is 3. The van der Waals surface area contributed by atoms with Gasteiger partial charge in [-0.05, 0) is 96.3 Å². The van der Waals surface area contributed by atoms with Gasteiger partial charge in [0.1, 0.15) is 0 Å². The lowest BCUT2D eigenvalue weighted by Crippen LogP contribution is -2.23. The first kappa shape index (κ1) is 46.1. The second-order valence-electron chi connectivity index (χ2n) is 12.8. The number of nitrogens with two attached hydrogens (primary N) is 3. The summed E-state index contributed by atoms with van der Waals surface area (Å²) in [6.07, 6.45) is 0.269. The molecule has 0 aromatic heterocycles. The van der Waals surface area contributed by atoms with Gasteiger partial charge in [-0.3, -0.25) is 14.4 Å². The number of benzene rings is 6. The molecule has 0 heterocycles. The molecule has 6 aromatic carbocycles. The van der Waals surface area contributed by atoms with E-state index in [-0.39, 0.29) is 37.0 Å². The zero-order valence-corrected chi connectivity index (χ0v) is 34.6. The Kier molecular flexibility index (Phi) is 17.9. The molecular weight excluding hydrogens is 862 g/mol. The minimum atomic E-state index is -0.963. The van der Waals surface area contributed by atoms with Crippen molar-refractivity contribution in [3.63, 3.8) is 0 Å². The predicted molar refractivity (Wildman–Crippen MR) is 241 cm³/mol. The summed E-state index contributed by atoms with van der Waals surface area (Å²) in [6, 6.07) is 39.4.